The quantitative estimate of drug-likeness (QED) is 0.642. The number of likely N-dealkylation sites (tertiary alicyclic amines) is 1. The predicted octanol–water partition coefficient (Wildman–Crippen LogP) is 1.88. The highest BCUT2D eigenvalue weighted by molar-refractivity contribution is 4.72. The molecule has 3 nitrogen and oxygen atoms in total. The summed E-state index contributed by atoms with van der Waals surface area (Å²) < 4.78 is 5.64. The minimum absolute atomic E-state index is 0.0254. The van der Waals surface area contributed by atoms with Crippen molar-refractivity contribution in [1.29, 1.82) is 0 Å². The smallest absolute Gasteiger partial charge is 0.0750 e. The van der Waals surface area contributed by atoms with E-state index in [2.05, 4.69) is 31.0 Å². The van der Waals surface area contributed by atoms with Crippen LogP contribution in [0.3, 0.4) is 0 Å². The van der Waals surface area contributed by atoms with Crippen molar-refractivity contribution in [2.45, 2.75) is 45.6 Å². The van der Waals surface area contributed by atoms with Crippen LogP contribution in [-0.2, 0) is 4.74 Å². The highest BCUT2D eigenvalue weighted by Crippen LogP contribution is 2.08. The maximum atomic E-state index is 5.64. The molecule has 0 aromatic rings. The molecule has 1 heterocycles. The van der Waals surface area contributed by atoms with E-state index in [4.69, 9.17) is 4.74 Å². The van der Waals surface area contributed by atoms with E-state index in [9.17, 15) is 0 Å². The van der Waals surface area contributed by atoms with Gasteiger partial charge in [-0.05, 0) is 66.2 Å². The van der Waals surface area contributed by atoms with Crippen molar-refractivity contribution in [3.8, 4) is 0 Å². The van der Waals surface area contributed by atoms with Gasteiger partial charge in [-0.15, -0.1) is 0 Å². The van der Waals surface area contributed by atoms with E-state index in [1.807, 2.05) is 0 Å². The van der Waals surface area contributed by atoms with Crippen LogP contribution in [0.15, 0.2) is 0 Å². The average molecular weight is 228 g/mol. The number of ether oxygens (including phenoxy) is 1. The third kappa shape index (κ3) is 5.83. The second kappa shape index (κ2) is 7.25. The lowest BCUT2D eigenvalue weighted by Gasteiger charge is -2.25. The first-order valence-corrected chi connectivity index (χ1v) is 6.71. The van der Waals surface area contributed by atoms with E-state index in [0.29, 0.717) is 0 Å². The van der Waals surface area contributed by atoms with E-state index in [1.54, 1.807) is 0 Å². The van der Waals surface area contributed by atoms with Gasteiger partial charge < -0.3 is 15.0 Å². The Hall–Kier alpha value is -0.120. The Morgan fingerprint density at radius 1 is 1.25 bits per heavy atom. The van der Waals surface area contributed by atoms with Crippen LogP contribution in [0.5, 0.6) is 0 Å². The number of hydrogen-bond acceptors (Lipinski definition) is 3. The molecule has 1 aliphatic rings. The van der Waals surface area contributed by atoms with E-state index < -0.39 is 0 Å². The van der Waals surface area contributed by atoms with Crippen molar-refractivity contribution in [3.05, 3.63) is 0 Å². The highest BCUT2D eigenvalue weighted by atomic mass is 16.5. The summed E-state index contributed by atoms with van der Waals surface area (Å²) in [5.41, 5.74) is -0.0254. The molecule has 1 saturated heterocycles. The summed E-state index contributed by atoms with van der Waals surface area (Å²) >= 11 is 0. The SMILES string of the molecule is CCOC(C)(C)CNCCCN1CCCC1. The van der Waals surface area contributed by atoms with Crippen LogP contribution >= 0.6 is 0 Å². The Morgan fingerprint density at radius 2 is 1.94 bits per heavy atom. The fourth-order valence-corrected chi connectivity index (χ4v) is 2.27. The fraction of sp³-hybridized carbons (Fsp3) is 1.00. The Kier molecular flexibility index (Phi) is 6.32. The van der Waals surface area contributed by atoms with Crippen molar-refractivity contribution in [2.75, 3.05) is 39.3 Å². The molecule has 0 aromatic carbocycles. The molecular formula is C13H28N2O. The maximum Gasteiger partial charge on any atom is 0.0750 e. The maximum absolute atomic E-state index is 5.64. The molecule has 0 aromatic heterocycles. The second-order valence-electron chi connectivity index (χ2n) is 5.27. The third-order valence-corrected chi connectivity index (χ3v) is 3.11. The Bertz CT molecular complexity index is 177. The van der Waals surface area contributed by atoms with Gasteiger partial charge in [-0.3, -0.25) is 0 Å². The highest BCUT2D eigenvalue weighted by Gasteiger charge is 2.16. The Labute approximate surface area is 101 Å². The van der Waals surface area contributed by atoms with Crippen molar-refractivity contribution < 1.29 is 4.74 Å². The molecule has 0 saturated carbocycles. The molecule has 0 atom stereocenters. The first-order valence-electron chi connectivity index (χ1n) is 6.71. The Balaban J connectivity index is 1.94. The number of rotatable bonds is 8. The normalized spacial score (nSPS) is 18.2. The largest absolute Gasteiger partial charge is 0.375 e. The molecule has 96 valence electrons. The summed E-state index contributed by atoms with van der Waals surface area (Å²) in [6, 6.07) is 0. The van der Waals surface area contributed by atoms with Gasteiger partial charge in [0, 0.05) is 13.2 Å². The number of nitrogens with one attached hydrogen (secondary N) is 1. The second-order valence-corrected chi connectivity index (χ2v) is 5.27. The van der Waals surface area contributed by atoms with Crippen LogP contribution in [0.1, 0.15) is 40.0 Å². The van der Waals surface area contributed by atoms with Crippen molar-refractivity contribution in [2.24, 2.45) is 0 Å². The Morgan fingerprint density at radius 3 is 2.56 bits per heavy atom. The lowest BCUT2D eigenvalue weighted by molar-refractivity contribution is -0.00872. The minimum atomic E-state index is -0.0254. The summed E-state index contributed by atoms with van der Waals surface area (Å²) in [6.07, 6.45) is 4.04. The van der Waals surface area contributed by atoms with E-state index in [-0.39, 0.29) is 5.60 Å². The molecule has 3 heteroatoms. The van der Waals surface area contributed by atoms with Crippen LogP contribution in [0.25, 0.3) is 0 Å². The zero-order chi connectivity index (χ0) is 11.9. The minimum Gasteiger partial charge on any atom is -0.375 e. The van der Waals surface area contributed by atoms with Gasteiger partial charge in [0.15, 0.2) is 0 Å². The van der Waals surface area contributed by atoms with Crippen molar-refractivity contribution in [1.82, 2.24) is 10.2 Å². The molecule has 1 N–H and O–H groups in total. The van der Waals surface area contributed by atoms with Gasteiger partial charge in [0.2, 0.25) is 0 Å². The zero-order valence-electron chi connectivity index (χ0n) is 11.2. The third-order valence-electron chi connectivity index (χ3n) is 3.11. The van der Waals surface area contributed by atoms with Gasteiger partial charge in [0.1, 0.15) is 0 Å². The first-order chi connectivity index (χ1) is 7.64. The van der Waals surface area contributed by atoms with Crippen molar-refractivity contribution in [3.63, 3.8) is 0 Å². The van der Waals surface area contributed by atoms with Crippen LogP contribution in [0, 0.1) is 0 Å². The van der Waals surface area contributed by atoms with Gasteiger partial charge >= 0.3 is 0 Å². The molecule has 0 radical (unpaired) electrons. The van der Waals surface area contributed by atoms with Crippen LogP contribution < -0.4 is 5.32 Å². The van der Waals surface area contributed by atoms with Crippen molar-refractivity contribution >= 4 is 0 Å². The van der Waals surface area contributed by atoms with Crippen LogP contribution in [-0.4, -0.2) is 49.8 Å². The average Bonchev–Trinajstić information content (AvgIpc) is 2.69. The molecule has 0 unspecified atom stereocenters. The molecule has 0 aliphatic carbocycles. The van der Waals surface area contributed by atoms with Gasteiger partial charge in [0.25, 0.3) is 0 Å². The monoisotopic (exact) mass is 228 g/mol. The summed E-state index contributed by atoms with van der Waals surface area (Å²) in [7, 11) is 0. The predicted molar refractivity (Wildman–Crippen MR) is 68.9 cm³/mol. The molecule has 1 aliphatic heterocycles. The standard InChI is InChI=1S/C13H28N2O/c1-4-16-13(2,3)12-14-8-7-11-15-9-5-6-10-15/h14H,4-12H2,1-3H3. The topological polar surface area (TPSA) is 24.5 Å². The molecule has 16 heavy (non-hydrogen) atoms. The van der Waals surface area contributed by atoms with E-state index in [1.165, 1.54) is 38.9 Å². The zero-order valence-corrected chi connectivity index (χ0v) is 11.2. The number of nitrogens with zero attached hydrogens (tertiary/aromatic N) is 1. The molecule has 0 bridgehead atoms. The molecule has 1 fully saturated rings. The van der Waals surface area contributed by atoms with Gasteiger partial charge in [-0.1, -0.05) is 0 Å². The molecule has 0 amide bonds. The van der Waals surface area contributed by atoms with Crippen LogP contribution in [0.2, 0.25) is 0 Å². The summed E-state index contributed by atoms with van der Waals surface area (Å²) in [5.74, 6) is 0. The fourth-order valence-electron chi connectivity index (χ4n) is 2.27. The summed E-state index contributed by atoms with van der Waals surface area (Å²) in [5, 5.41) is 3.48. The van der Waals surface area contributed by atoms with E-state index in [0.717, 1.165) is 19.7 Å². The van der Waals surface area contributed by atoms with Crippen LogP contribution in [0.4, 0.5) is 0 Å². The first kappa shape index (κ1) is 13.9. The van der Waals surface area contributed by atoms with E-state index >= 15 is 0 Å². The molecule has 1 rings (SSSR count). The molecule has 0 spiro atoms. The molecular weight excluding hydrogens is 200 g/mol. The number of hydrogen-bond donors (Lipinski definition) is 1. The van der Waals surface area contributed by atoms with Gasteiger partial charge in [-0.2, -0.15) is 0 Å². The lowest BCUT2D eigenvalue weighted by atomic mass is 10.1. The lowest BCUT2D eigenvalue weighted by Crippen LogP contribution is -2.38. The van der Waals surface area contributed by atoms with Gasteiger partial charge in [0.05, 0.1) is 5.60 Å². The summed E-state index contributed by atoms with van der Waals surface area (Å²) in [6.45, 7) is 13.1. The van der Waals surface area contributed by atoms with Gasteiger partial charge in [-0.25, -0.2) is 0 Å². The summed E-state index contributed by atoms with van der Waals surface area (Å²) in [4.78, 5) is 2.56.